The molecule has 2 N–H and O–H groups in total. The molecule has 0 spiro atoms. The van der Waals surface area contributed by atoms with Crippen molar-refractivity contribution in [3.8, 4) is 5.75 Å². The summed E-state index contributed by atoms with van der Waals surface area (Å²) in [4.78, 5) is 11.4. The van der Waals surface area contributed by atoms with E-state index < -0.39 is 29.0 Å². The van der Waals surface area contributed by atoms with Crippen LogP contribution < -0.4 is 10.1 Å². The lowest BCUT2D eigenvalue weighted by Crippen LogP contribution is -2.59. The zero-order chi connectivity index (χ0) is 25.5. The van der Waals surface area contributed by atoms with Gasteiger partial charge >= 0.3 is 12.1 Å². The Bertz CT molecular complexity index is 1070. The van der Waals surface area contributed by atoms with Gasteiger partial charge in [0.05, 0.1) is 12.0 Å². The van der Waals surface area contributed by atoms with Crippen LogP contribution >= 0.6 is 0 Å². The quantitative estimate of drug-likeness (QED) is 0.425. The third-order valence-corrected chi connectivity index (χ3v) is 8.47. The van der Waals surface area contributed by atoms with Gasteiger partial charge in [-0.2, -0.15) is 13.2 Å². The number of benzene rings is 2. The number of hydrogen-bond acceptors (Lipinski definition) is 3. The Balaban J connectivity index is 1.60. The summed E-state index contributed by atoms with van der Waals surface area (Å²) in [6.07, 6.45) is 0.408. The fraction of sp³-hybridized carbons (Fsp3) is 0.607. The lowest BCUT2D eigenvalue weighted by atomic mass is 9.58. The number of rotatable bonds is 7. The zero-order valence-electron chi connectivity index (χ0n) is 20.9. The first-order valence-corrected chi connectivity index (χ1v) is 12.7. The van der Waals surface area contributed by atoms with E-state index in [1.54, 1.807) is 18.2 Å². The average Bonchev–Trinajstić information content (AvgIpc) is 2.80. The first kappa shape index (κ1) is 25.8. The Kier molecular flexibility index (Phi) is 7.11. The summed E-state index contributed by atoms with van der Waals surface area (Å²) in [5.74, 6) is -0.687. The second-order valence-corrected chi connectivity index (χ2v) is 11.0. The van der Waals surface area contributed by atoms with Crippen molar-refractivity contribution >= 4 is 16.7 Å². The Labute approximate surface area is 205 Å². The lowest BCUT2D eigenvalue weighted by Gasteiger charge is -2.51. The number of alkyl halides is 3. The summed E-state index contributed by atoms with van der Waals surface area (Å²) in [7, 11) is 0. The van der Waals surface area contributed by atoms with Gasteiger partial charge in [0.1, 0.15) is 11.3 Å². The van der Waals surface area contributed by atoms with E-state index in [0.29, 0.717) is 17.7 Å². The zero-order valence-corrected chi connectivity index (χ0v) is 20.9. The smallest absolute Gasteiger partial charge is 0.420 e. The van der Waals surface area contributed by atoms with Gasteiger partial charge in [0, 0.05) is 12.1 Å². The number of carboxylic acid groups (broad SMARTS) is 1. The number of carboxylic acids is 1. The maximum absolute atomic E-state index is 14.3. The Morgan fingerprint density at radius 1 is 1.17 bits per heavy atom. The number of ether oxygens (including phenoxy) is 1. The summed E-state index contributed by atoms with van der Waals surface area (Å²) < 4.78 is 49.0. The van der Waals surface area contributed by atoms with Crippen LogP contribution in [-0.4, -0.2) is 23.2 Å². The molecule has 0 saturated heterocycles. The fourth-order valence-corrected chi connectivity index (χ4v) is 5.84. The van der Waals surface area contributed by atoms with Crippen molar-refractivity contribution in [2.45, 2.75) is 90.6 Å². The summed E-state index contributed by atoms with van der Waals surface area (Å²) >= 11 is 0. The summed E-state index contributed by atoms with van der Waals surface area (Å²) in [6.45, 7) is 7.89. The molecule has 0 radical (unpaired) electrons. The van der Waals surface area contributed by atoms with Crippen molar-refractivity contribution < 1.29 is 27.8 Å². The highest BCUT2D eigenvalue weighted by molar-refractivity contribution is 5.89. The van der Waals surface area contributed by atoms with Crippen LogP contribution in [0.4, 0.5) is 13.2 Å². The SMILES string of the molecule is CCC1CCC(Oc2ccc3ccc(C(C)N[C@H]4C[C@@H](C(=O)O)C4(C)C)cc3c2C(F)(F)F)CC1. The number of nitrogens with one attached hydrogen (secondary N) is 1. The van der Waals surface area contributed by atoms with E-state index in [-0.39, 0.29) is 29.3 Å². The van der Waals surface area contributed by atoms with Crippen LogP contribution in [-0.2, 0) is 11.0 Å². The molecule has 2 fully saturated rings. The van der Waals surface area contributed by atoms with Gasteiger partial charge in [-0.1, -0.05) is 45.4 Å². The molecule has 2 aliphatic carbocycles. The molecule has 2 aromatic carbocycles. The third kappa shape index (κ3) is 5.16. The molecule has 35 heavy (non-hydrogen) atoms. The normalized spacial score (nSPS) is 27.3. The van der Waals surface area contributed by atoms with Crippen LogP contribution in [0.2, 0.25) is 0 Å². The average molecular weight is 492 g/mol. The molecular formula is C28H36F3NO3. The van der Waals surface area contributed by atoms with Crippen LogP contribution in [0.25, 0.3) is 10.8 Å². The minimum absolute atomic E-state index is 0.0238. The number of hydrogen-bond donors (Lipinski definition) is 2. The second-order valence-electron chi connectivity index (χ2n) is 11.0. The van der Waals surface area contributed by atoms with Gasteiger partial charge in [-0.3, -0.25) is 4.79 Å². The first-order valence-electron chi connectivity index (χ1n) is 12.7. The molecule has 2 saturated carbocycles. The molecular weight excluding hydrogens is 455 g/mol. The van der Waals surface area contributed by atoms with Crippen molar-refractivity contribution in [2.75, 3.05) is 0 Å². The highest BCUT2D eigenvalue weighted by atomic mass is 19.4. The predicted octanol–water partition coefficient (Wildman–Crippen LogP) is 7.36. The van der Waals surface area contributed by atoms with E-state index in [0.717, 1.165) is 37.7 Å². The van der Waals surface area contributed by atoms with Gasteiger partial charge in [-0.05, 0) is 78.8 Å². The molecule has 0 bridgehead atoms. The van der Waals surface area contributed by atoms with Gasteiger partial charge in [-0.15, -0.1) is 0 Å². The molecule has 0 amide bonds. The molecule has 2 aliphatic rings. The Morgan fingerprint density at radius 3 is 2.40 bits per heavy atom. The summed E-state index contributed by atoms with van der Waals surface area (Å²) in [5, 5.41) is 13.5. The minimum Gasteiger partial charge on any atom is -0.490 e. The minimum atomic E-state index is -4.55. The van der Waals surface area contributed by atoms with Crippen molar-refractivity contribution in [3.05, 3.63) is 41.5 Å². The molecule has 1 unspecified atom stereocenters. The molecule has 0 aliphatic heterocycles. The van der Waals surface area contributed by atoms with Gasteiger partial charge in [0.15, 0.2) is 0 Å². The Morgan fingerprint density at radius 2 is 1.83 bits per heavy atom. The number of halogens is 3. The molecule has 0 heterocycles. The van der Waals surface area contributed by atoms with Crippen molar-refractivity contribution in [1.29, 1.82) is 0 Å². The van der Waals surface area contributed by atoms with E-state index in [1.807, 2.05) is 26.8 Å². The van der Waals surface area contributed by atoms with Crippen LogP contribution in [0.15, 0.2) is 30.3 Å². The van der Waals surface area contributed by atoms with Crippen LogP contribution in [0, 0.1) is 17.3 Å². The first-order chi connectivity index (χ1) is 16.4. The summed E-state index contributed by atoms with van der Waals surface area (Å²) in [6, 6.07) is 8.08. The van der Waals surface area contributed by atoms with Crippen LogP contribution in [0.5, 0.6) is 5.75 Å². The van der Waals surface area contributed by atoms with Crippen molar-refractivity contribution in [1.82, 2.24) is 5.32 Å². The predicted molar refractivity (Wildman–Crippen MR) is 130 cm³/mol. The molecule has 4 nitrogen and oxygen atoms in total. The fourth-order valence-electron chi connectivity index (χ4n) is 5.84. The lowest BCUT2D eigenvalue weighted by molar-refractivity contribution is -0.155. The van der Waals surface area contributed by atoms with E-state index in [2.05, 4.69) is 12.2 Å². The molecule has 7 heteroatoms. The van der Waals surface area contributed by atoms with Gasteiger partial charge in [-0.25, -0.2) is 0 Å². The maximum Gasteiger partial charge on any atom is 0.420 e. The molecule has 192 valence electrons. The molecule has 3 atom stereocenters. The maximum atomic E-state index is 14.3. The molecule has 0 aromatic heterocycles. The largest absolute Gasteiger partial charge is 0.490 e. The van der Waals surface area contributed by atoms with Crippen LogP contribution in [0.1, 0.15) is 83.4 Å². The standard InChI is InChI=1S/C28H36F3NO3/c1-5-17-6-11-20(12-7-17)35-23-13-10-18-8-9-19(14-21(18)25(23)28(29,30)31)16(2)32-24-15-22(26(33)34)27(24,3)4/h8-10,13-14,16-17,20,22,24,32H,5-7,11-12,15H2,1-4H3,(H,33,34)/t16?,17?,20?,22-,24-/m0/s1. The highest BCUT2D eigenvalue weighted by Gasteiger charge is 2.52. The number of aliphatic carboxylic acids is 1. The number of fused-ring (bicyclic) bond motifs is 1. The molecule has 2 aromatic rings. The highest BCUT2D eigenvalue weighted by Crippen LogP contribution is 2.47. The Hall–Kier alpha value is -2.28. The second kappa shape index (κ2) is 9.64. The van der Waals surface area contributed by atoms with Gasteiger partial charge < -0.3 is 15.2 Å². The summed E-state index contributed by atoms with van der Waals surface area (Å²) in [5.41, 5.74) is -0.402. The van der Waals surface area contributed by atoms with E-state index in [9.17, 15) is 23.1 Å². The van der Waals surface area contributed by atoms with E-state index in [4.69, 9.17) is 4.74 Å². The number of carbonyl (C=O) groups is 1. The van der Waals surface area contributed by atoms with Crippen LogP contribution in [0.3, 0.4) is 0 Å². The monoisotopic (exact) mass is 491 g/mol. The van der Waals surface area contributed by atoms with E-state index >= 15 is 0 Å². The topological polar surface area (TPSA) is 58.6 Å². The molecule has 4 rings (SSSR count). The van der Waals surface area contributed by atoms with E-state index in [1.165, 1.54) is 6.07 Å². The van der Waals surface area contributed by atoms with Crippen molar-refractivity contribution in [3.63, 3.8) is 0 Å². The van der Waals surface area contributed by atoms with Gasteiger partial charge in [0.2, 0.25) is 0 Å². The van der Waals surface area contributed by atoms with Crippen molar-refractivity contribution in [2.24, 2.45) is 17.3 Å². The van der Waals surface area contributed by atoms with Gasteiger partial charge in [0.25, 0.3) is 0 Å². The third-order valence-electron chi connectivity index (χ3n) is 8.47.